The summed E-state index contributed by atoms with van der Waals surface area (Å²) in [6.45, 7) is 7.02. The van der Waals surface area contributed by atoms with E-state index in [0.29, 0.717) is 84.0 Å². The van der Waals surface area contributed by atoms with Crippen LogP contribution in [-0.4, -0.2) is 94.9 Å². The number of amides is 1. The van der Waals surface area contributed by atoms with Gasteiger partial charge in [-0.1, -0.05) is 6.08 Å². The van der Waals surface area contributed by atoms with Crippen LogP contribution in [0.15, 0.2) is 59.5 Å². The van der Waals surface area contributed by atoms with E-state index < -0.39 is 35.2 Å². The van der Waals surface area contributed by atoms with Crippen molar-refractivity contribution in [2.24, 2.45) is 0 Å². The van der Waals surface area contributed by atoms with E-state index in [9.17, 15) is 31.1 Å². The molecule has 0 spiro atoms. The molecule has 310 valence electrons. The Labute approximate surface area is 335 Å². The topological polar surface area (TPSA) is 154 Å². The number of nitrogens with zero attached hydrogens (tertiary/aromatic N) is 7. The van der Waals surface area contributed by atoms with Gasteiger partial charge in [-0.25, -0.2) is 24.7 Å². The fraction of sp³-hybridized carbons (Fsp3) is 0.395. The Morgan fingerprint density at radius 3 is 1.81 bits per heavy atom. The van der Waals surface area contributed by atoms with E-state index in [1.165, 1.54) is 12.1 Å². The van der Waals surface area contributed by atoms with Crippen LogP contribution in [0.5, 0.6) is 0 Å². The third-order valence-corrected chi connectivity index (χ3v) is 9.46. The molecule has 0 unspecified atom stereocenters. The largest absolute Gasteiger partial charge is 0.444 e. The zero-order valence-corrected chi connectivity index (χ0v) is 33.1. The molecule has 20 heteroatoms. The van der Waals surface area contributed by atoms with Crippen molar-refractivity contribution in [3.8, 4) is 0 Å². The Morgan fingerprint density at radius 2 is 1.33 bits per heavy atom. The summed E-state index contributed by atoms with van der Waals surface area (Å²) >= 11 is 3.34. The van der Waals surface area contributed by atoms with E-state index in [2.05, 4.69) is 46.5 Å². The van der Waals surface area contributed by atoms with Gasteiger partial charge in [-0.15, -0.1) is 0 Å². The fourth-order valence-corrected chi connectivity index (χ4v) is 6.68. The summed E-state index contributed by atoms with van der Waals surface area (Å²) in [5, 5.41) is 24.0. The molecule has 4 N–H and O–H groups in total. The average molecular weight is 881 g/mol. The Hall–Kier alpha value is -5.21. The molecule has 1 aliphatic rings. The maximum absolute atomic E-state index is 13.4. The number of fused-ring (bicyclic) bond motifs is 6. The lowest BCUT2D eigenvalue weighted by atomic mass is 10.1. The highest BCUT2D eigenvalue weighted by Crippen LogP contribution is 2.35. The number of carbonyl (C=O) groups is 1. The van der Waals surface area contributed by atoms with Crippen LogP contribution in [0.1, 0.15) is 56.9 Å². The number of aliphatic hydroxyl groups excluding tert-OH is 2. The number of halogens is 7. The molecule has 0 saturated carbocycles. The van der Waals surface area contributed by atoms with Crippen LogP contribution in [0.3, 0.4) is 0 Å². The van der Waals surface area contributed by atoms with E-state index in [4.69, 9.17) is 14.9 Å². The summed E-state index contributed by atoms with van der Waals surface area (Å²) < 4.78 is 88.3. The quantitative estimate of drug-likeness (QED) is 0.0826. The molecule has 0 aliphatic carbocycles. The van der Waals surface area contributed by atoms with Crippen molar-refractivity contribution in [2.75, 3.05) is 50.0 Å². The van der Waals surface area contributed by atoms with Gasteiger partial charge >= 0.3 is 18.4 Å². The van der Waals surface area contributed by atoms with Crippen molar-refractivity contribution in [2.45, 2.75) is 58.0 Å². The highest BCUT2D eigenvalue weighted by Gasteiger charge is 2.32. The van der Waals surface area contributed by atoms with Crippen LogP contribution >= 0.6 is 15.9 Å². The highest BCUT2D eigenvalue weighted by atomic mass is 79.9. The SMILES string of the molecule is CC(C)(C)OC(=O)N1CC=C(c2cnc3c(NCCCO)nc4cc(C(F)(F)F)ccc4n23)CC1.OCCCNc1nc2cc(C(F)(F)F)ccc2n2c(Br)cnc12. The predicted octanol–water partition coefficient (Wildman–Crippen LogP) is 8.18. The third kappa shape index (κ3) is 9.39. The Bertz CT molecular complexity index is 2480. The summed E-state index contributed by atoms with van der Waals surface area (Å²) in [6, 6.07) is 6.87. The molecule has 7 rings (SSSR count). The molecular formula is C38H40BrF6N9O4. The Kier molecular flexibility index (Phi) is 12.4. The second kappa shape index (κ2) is 16.9. The lowest BCUT2D eigenvalue weighted by Gasteiger charge is -2.29. The molecular weight excluding hydrogens is 840 g/mol. The maximum atomic E-state index is 13.4. The second-order valence-electron chi connectivity index (χ2n) is 14.3. The zero-order valence-electron chi connectivity index (χ0n) is 31.5. The molecule has 0 bridgehead atoms. The van der Waals surface area contributed by atoms with Gasteiger partial charge in [0.1, 0.15) is 10.2 Å². The standard InChI is InChI=1S/C24H28F3N5O3.C14H12BrF3N4O/c1-23(2,3)35-22(34)31-10-7-15(8-11-31)19-14-29-21-20(28-9-4-12-33)30-17-13-16(24(25,26)27)5-6-18(17)32(19)21;15-11-7-20-13-12(19-4-1-5-23)21-9-6-8(14(16,17)18)2-3-10(9)22(11)13/h5-7,13-14,33H,4,8-12H2,1-3H3,(H,28,30);2-3,6-7,23H,1,4-5H2,(H,19,21). The van der Waals surface area contributed by atoms with E-state index in [1.54, 1.807) is 26.1 Å². The number of aliphatic hydroxyl groups is 2. The van der Waals surface area contributed by atoms with E-state index in [-0.39, 0.29) is 24.2 Å². The van der Waals surface area contributed by atoms with Gasteiger partial charge < -0.3 is 30.5 Å². The van der Waals surface area contributed by atoms with Crippen molar-refractivity contribution in [1.29, 1.82) is 0 Å². The molecule has 6 aromatic rings. The normalized spacial score (nSPS) is 13.9. The number of hydrogen-bond donors (Lipinski definition) is 4. The number of anilines is 2. The average Bonchev–Trinajstić information content (AvgIpc) is 3.78. The minimum atomic E-state index is -4.50. The van der Waals surface area contributed by atoms with Crippen molar-refractivity contribution in [1.82, 2.24) is 33.6 Å². The number of hydrogen-bond acceptors (Lipinski definition) is 10. The minimum absolute atomic E-state index is 0.00717. The first kappa shape index (κ1) is 42.4. The summed E-state index contributed by atoms with van der Waals surface area (Å²) in [5.41, 5.74) is 1.87. The Balaban J connectivity index is 0.000000213. The Morgan fingerprint density at radius 1 is 0.810 bits per heavy atom. The number of benzene rings is 2. The van der Waals surface area contributed by atoms with Gasteiger partial charge in [0.2, 0.25) is 0 Å². The van der Waals surface area contributed by atoms with Crippen molar-refractivity contribution in [3.05, 3.63) is 76.3 Å². The first-order valence-electron chi connectivity index (χ1n) is 18.2. The van der Waals surface area contributed by atoms with Crippen LogP contribution in [0.25, 0.3) is 38.9 Å². The molecule has 4 aromatic heterocycles. The van der Waals surface area contributed by atoms with Gasteiger partial charge in [-0.2, -0.15) is 26.3 Å². The fourth-order valence-electron chi connectivity index (χ4n) is 6.22. The third-order valence-electron chi connectivity index (χ3n) is 8.90. The van der Waals surface area contributed by atoms with Crippen molar-refractivity contribution < 1.29 is 46.1 Å². The van der Waals surface area contributed by atoms with Crippen LogP contribution < -0.4 is 10.6 Å². The summed E-state index contributed by atoms with van der Waals surface area (Å²) in [7, 11) is 0. The number of nitrogens with one attached hydrogen (secondary N) is 2. The molecule has 0 atom stereocenters. The minimum Gasteiger partial charge on any atom is -0.444 e. The molecule has 5 heterocycles. The monoisotopic (exact) mass is 879 g/mol. The van der Waals surface area contributed by atoms with E-state index >= 15 is 0 Å². The van der Waals surface area contributed by atoms with Crippen LogP contribution in [0.2, 0.25) is 0 Å². The number of ether oxygens (including phenoxy) is 1. The summed E-state index contributed by atoms with van der Waals surface area (Å²) in [5.74, 6) is 0.708. The molecule has 2 aromatic carbocycles. The maximum Gasteiger partial charge on any atom is 0.416 e. The molecule has 58 heavy (non-hydrogen) atoms. The smallest absolute Gasteiger partial charge is 0.416 e. The van der Waals surface area contributed by atoms with Gasteiger partial charge in [-0.05, 0) is 97.9 Å². The van der Waals surface area contributed by atoms with Gasteiger partial charge in [0, 0.05) is 39.4 Å². The van der Waals surface area contributed by atoms with E-state index in [0.717, 1.165) is 35.5 Å². The highest BCUT2D eigenvalue weighted by molar-refractivity contribution is 9.10. The lowest BCUT2D eigenvalue weighted by molar-refractivity contribution is -0.138. The molecule has 1 aliphatic heterocycles. The zero-order chi connectivity index (χ0) is 42.0. The molecule has 0 radical (unpaired) electrons. The molecule has 13 nitrogen and oxygen atoms in total. The molecule has 0 saturated heterocycles. The predicted molar refractivity (Wildman–Crippen MR) is 209 cm³/mol. The lowest BCUT2D eigenvalue weighted by Crippen LogP contribution is -2.39. The van der Waals surface area contributed by atoms with Crippen molar-refractivity contribution >= 4 is 72.6 Å². The van der Waals surface area contributed by atoms with Gasteiger partial charge in [0.25, 0.3) is 0 Å². The van der Waals surface area contributed by atoms with Gasteiger partial charge in [-0.3, -0.25) is 8.80 Å². The van der Waals surface area contributed by atoms with Gasteiger partial charge in [0.05, 0.1) is 51.3 Å². The first-order chi connectivity index (χ1) is 27.4. The second-order valence-corrected chi connectivity index (χ2v) is 15.1. The van der Waals surface area contributed by atoms with Gasteiger partial charge in [0.15, 0.2) is 22.9 Å². The summed E-state index contributed by atoms with van der Waals surface area (Å²) in [4.78, 5) is 31.4. The number of aromatic nitrogens is 6. The molecule has 1 amide bonds. The summed E-state index contributed by atoms with van der Waals surface area (Å²) in [6.07, 6.45) is -2.70. The number of rotatable bonds is 9. The van der Waals surface area contributed by atoms with Crippen LogP contribution in [0, 0.1) is 0 Å². The molecule has 0 fully saturated rings. The van der Waals surface area contributed by atoms with E-state index in [1.807, 2.05) is 26.8 Å². The number of carbonyl (C=O) groups excluding carboxylic acids is 1. The van der Waals surface area contributed by atoms with Crippen molar-refractivity contribution in [3.63, 3.8) is 0 Å². The number of imidazole rings is 2. The number of alkyl halides is 6. The van der Waals surface area contributed by atoms with Crippen LogP contribution in [0.4, 0.5) is 42.8 Å². The first-order valence-corrected chi connectivity index (χ1v) is 19.0. The van der Waals surface area contributed by atoms with Crippen LogP contribution in [-0.2, 0) is 17.1 Å².